The SMILES string of the molecule is CCCN1CCN(C(=O)c2snnc2C)C[C@H](Cc2ccc(-c3ccccc3)cc2)C1=O. The van der Waals surface area contributed by atoms with Gasteiger partial charge in [0.2, 0.25) is 5.91 Å². The molecule has 0 radical (unpaired) electrons. The number of hydrogen-bond donors (Lipinski definition) is 0. The summed E-state index contributed by atoms with van der Waals surface area (Å²) in [6, 6.07) is 18.6. The van der Waals surface area contributed by atoms with Crippen LogP contribution in [0, 0.1) is 12.8 Å². The molecule has 1 saturated heterocycles. The maximum absolute atomic E-state index is 13.3. The molecule has 0 N–H and O–H groups in total. The van der Waals surface area contributed by atoms with E-state index >= 15 is 0 Å². The van der Waals surface area contributed by atoms with E-state index in [2.05, 4.69) is 52.9 Å². The normalized spacial score (nSPS) is 16.8. The second-order valence-electron chi connectivity index (χ2n) is 8.23. The van der Waals surface area contributed by atoms with Gasteiger partial charge in [-0.05, 0) is 48.0 Å². The van der Waals surface area contributed by atoms with Crippen LogP contribution < -0.4 is 0 Å². The summed E-state index contributed by atoms with van der Waals surface area (Å²) < 4.78 is 3.91. The second-order valence-corrected chi connectivity index (χ2v) is 8.98. The van der Waals surface area contributed by atoms with Gasteiger partial charge in [-0.25, -0.2) is 0 Å². The fraction of sp³-hybridized carbons (Fsp3) is 0.360. The Balaban J connectivity index is 1.54. The molecule has 2 aromatic carbocycles. The number of amides is 2. The molecule has 1 aliphatic rings. The number of hydrogen-bond acceptors (Lipinski definition) is 5. The third-order valence-corrected chi connectivity index (χ3v) is 6.73. The lowest BCUT2D eigenvalue weighted by Crippen LogP contribution is -2.38. The third-order valence-electron chi connectivity index (χ3n) is 5.91. The van der Waals surface area contributed by atoms with Gasteiger partial charge in [-0.1, -0.05) is 66.0 Å². The monoisotopic (exact) mass is 448 g/mol. The highest BCUT2D eigenvalue weighted by Crippen LogP contribution is 2.23. The zero-order valence-electron chi connectivity index (χ0n) is 18.5. The number of nitrogens with zero attached hydrogens (tertiary/aromatic N) is 4. The topological polar surface area (TPSA) is 66.4 Å². The maximum Gasteiger partial charge on any atom is 0.267 e. The fourth-order valence-corrected chi connectivity index (χ4v) is 4.82. The van der Waals surface area contributed by atoms with E-state index in [-0.39, 0.29) is 17.7 Å². The van der Waals surface area contributed by atoms with Gasteiger partial charge in [0.15, 0.2) is 0 Å². The van der Waals surface area contributed by atoms with Crippen molar-refractivity contribution in [2.75, 3.05) is 26.2 Å². The van der Waals surface area contributed by atoms with Crippen molar-refractivity contribution >= 4 is 23.3 Å². The van der Waals surface area contributed by atoms with Crippen LogP contribution in [0.1, 0.15) is 34.3 Å². The highest BCUT2D eigenvalue weighted by Gasteiger charge is 2.33. The van der Waals surface area contributed by atoms with Gasteiger partial charge in [-0.2, -0.15) is 0 Å². The largest absolute Gasteiger partial charge is 0.341 e. The molecule has 1 atom stereocenters. The molecule has 0 aliphatic carbocycles. The molecule has 2 heterocycles. The first kappa shape index (κ1) is 22.1. The Hall–Kier alpha value is -3.06. The van der Waals surface area contributed by atoms with Gasteiger partial charge in [0.1, 0.15) is 4.88 Å². The maximum atomic E-state index is 13.3. The Bertz CT molecular complexity index is 1070. The predicted octanol–water partition coefficient (Wildman–Crippen LogP) is 4.07. The van der Waals surface area contributed by atoms with Crippen molar-refractivity contribution < 1.29 is 9.59 Å². The first-order chi connectivity index (χ1) is 15.6. The van der Waals surface area contributed by atoms with E-state index in [1.54, 1.807) is 11.8 Å². The molecule has 0 unspecified atom stereocenters. The van der Waals surface area contributed by atoms with Crippen LogP contribution >= 0.6 is 11.5 Å². The van der Waals surface area contributed by atoms with Crippen molar-refractivity contribution in [2.45, 2.75) is 26.7 Å². The first-order valence-electron chi connectivity index (χ1n) is 11.1. The molecule has 7 heteroatoms. The Morgan fingerprint density at radius 2 is 1.78 bits per heavy atom. The molecule has 1 aliphatic heterocycles. The third kappa shape index (κ3) is 4.88. The minimum atomic E-state index is -0.267. The van der Waals surface area contributed by atoms with Crippen LogP contribution in [-0.4, -0.2) is 57.4 Å². The summed E-state index contributed by atoms with van der Waals surface area (Å²) in [5.41, 5.74) is 4.07. The van der Waals surface area contributed by atoms with Crippen molar-refractivity contribution in [2.24, 2.45) is 5.92 Å². The molecule has 6 nitrogen and oxygen atoms in total. The van der Waals surface area contributed by atoms with E-state index in [0.717, 1.165) is 29.1 Å². The molecule has 0 saturated carbocycles. The first-order valence-corrected chi connectivity index (χ1v) is 11.9. The van der Waals surface area contributed by atoms with Crippen molar-refractivity contribution in [3.05, 3.63) is 70.7 Å². The van der Waals surface area contributed by atoms with Gasteiger partial charge in [0.05, 0.1) is 11.6 Å². The molecule has 1 fully saturated rings. The van der Waals surface area contributed by atoms with Gasteiger partial charge < -0.3 is 9.80 Å². The van der Waals surface area contributed by atoms with Gasteiger partial charge in [-0.15, -0.1) is 5.10 Å². The number of carbonyl (C=O) groups is 2. The molecule has 1 aromatic heterocycles. The molecular weight excluding hydrogens is 420 g/mol. The summed E-state index contributed by atoms with van der Waals surface area (Å²) in [6.45, 7) is 6.10. The number of aryl methyl sites for hydroxylation is 1. The molecule has 32 heavy (non-hydrogen) atoms. The molecular formula is C25H28N4O2S. The Labute approximate surface area is 193 Å². The Morgan fingerprint density at radius 3 is 2.44 bits per heavy atom. The number of carbonyl (C=O) groups excluding carboxylic acids is 2. The van der Waals surface area contributed by atoms with Gasteiger partial charge in [-0.3, -0.25) is 9.59 Å². The summed E-state index contributed by atoms with van der Waals surface area (Å²) in [5, 5.41) is 3.98. The smallest absolute Gasteiger partial charge is 0.267 e. The zero-order valence-corrected chi connectivity index (χ0v) is 19.3. The van der Waals surface area contributed by atoms with Gasteiger partial charge in [0, 0.05) is 26.2 Å². The van der Waals surface area contributed by atoms with Crippen LogP contribution in [0.3, 0.4) is 0 Å². The van der Waals surface area contributed by atoms with E-state index < -0.39 is 0 Å². The van der Waals surface area contributed by atoms with E-state index in [4.69, 9.17) is 0 Å². The molecule has 2 amide bonds. The fourth-order valence-electron chi connectivity index (χ4n) is 4.19. The minimum absolute atomic E-state index is 0.0759. The van der Waals surface area contributed by atoms with Crippen molar-refractivity contribution in [3.63, 3.8) is 0 Å². The summed E-state index contributed by atoms with van der Waals surface area (Å²) in [7, 11) is 0. The number of aromatic nitrogens is 2. The lowest BCUT2D eigenvalue weighted by atomic mass is 9.95. The summed E-state index contributed by atoms with van der Waals surface area (Å²) in [5.74, 6) is -0.210. The van der Waals surface area contributed by atoms with Crippen molar-refractivity contribution in [1.82, 2.24) is 19.4 Å². The molecule has 0 bridgehead atoms. The van der Waals surface area contributed by atoms with E-state index in [0.29, 0.717) is 43.2 Å². The van der Waals surface area contributed by atoms with Crippen molar-refractivity contribution in [1.29, 1.82) is 0 Å². The van der Waals surface area contributed by atoms with Crippen LogP contribution in [0.25, 0.3) is 11.1 Å². The molecule has 0 spiro atoms. The van der Waals surface area contributed by atoms with Crippen LogP contribution in [0.4, 0.5) is 0 Å². The average molecular weight is 449 g/mol. The summed E-state index contributed by atoms with van der Waals surface area (Å²) >= 11 is 1.12. The van der Waals surface area contributed by atoms with Crippen molar-refractivity contribution in [3.8, 4) is 11.1 Å². The average Bonchev–Trinajstić information content (AvgIpc) is 3.19. The van der Waals surface area contributed by atoms with Gasteiger partial charge in [0.25, 0.3) is 5.91 Å². The highest BCUT2D eigenvalue weighted by atomic mass is 32.1. The summed E-state index contributed by atoms with van der Waals surface area (Å²) in [4.78, 5) is 30.7. The molecule has 4 rings (SSSR count). The number of rotatable bonds is 6. The molecule has 166 valence electrons. The van der Waals surface area contributed by atoms with E-state index in [1.807, 2.05) is 23.1 Å². The second kappa shape index (κ2) is 10.0. The zero-order chi connectivity index (χ0) is 22.5. The minimum Gasteiger partial charge on any atom is -0.341 e. The van der Waals surface area contributed by atoms with E-state index in [1.165, 1.54) is 5.56 Å². The van der Waals surface area contributed by atoms with Crippen LogP contribution in [0.15, 0.2) is 54.6 Å². The Kier molecular flexibility index (Phi) is 6.95. The lowest BCUT2D eigenvalue weighted by molar-refractivity contribution is -0.134. The van der Waals surface area contributed by atoms with Crippen LogP contribution in [-0.2, 0) is 11.2 Å². The lowest BCUT2D eigenvalue weighted by Gasteiger charge is -2.23. The van der Waals surface area contributed by atoms with Crippen LogP contribution in [0.5, 0.6) is 0 Å². The van der Waals surface area contributed by atoms with E-state index in [9.17, 15) is 9.59 Å². The standard InChI is InChI=1S/C25H28N4O2S/c1-3-13-28-14-15-29(25(31)23-18(2)26-27-32-23)17-22(24(28)30)16-19-9-11-21(12-10-19)20-7-5-4-6-8-20/h4-12,22H,3,13-17H2,1-2H3/t22-/m0/s1. The predicted molar refractivity (Wildman–Crippen MR) is 126 cm³/mol. The quantitative estimate of drug-likeness (QED) is 0.570. The van der Waals surface area contributed by atoms with Crippen LogP contribution in [0.2, 0.25) is 0 Å². The molecule has 3 aromatic rings. The summed E-state index contributed by atoms with van der Waals surface area (Å²) in [6.07, 6.45) is 1.51. The Morgan fingerprint density at radius 1 is 1.06 bits per heavy atom. The van der Waals surface area contributed by atoms with Gasteiger partial charge >= 0.3 is 0 Å². The highest BCUT2D eigenvalue weighted by molar-refractivity contribution is 7.07. The number of benzene rings is 2.